The SMILES string of the molecule is CC(C)(C(=O)c1ccc2c(c1)C(CC(F)(F)C(F)(F)F)(CC(F)(F)C(F)(F)F)c1cc(C(=O)c3ccc(N=O)cc3)ccc1-2)N1CCCCC1. The number of halogens is 10. The summed E-state index contributed by atoms with van der Waals surface area (Å²) in [5.41, 5.74) is -7.66. The third-order valence-electron chi connectivity index (χ3n) is 9.70. The highest BCUT2D eigenvalue weighted by Gasteiger charge is 2.68. The van der Waals surface area contributed by atoms with E-state index in [-0.39, 0.29) is 27.9 Å². The second-order valence-electron chi connectivity index (χ2n) is 13.3. The molecule has 0 amide bonds. The highest BCUT2D eigenvalue weighted by molar-refractivity contribution is 6.10. The van der Waals surface area contributed by atoms with E-state index < -0.39 is 76.3 Å². The zero-order valence-electron chi connectivity index (χ0n) is 26.6. The molecular weight excluding hydrogens is 686 g/mol. The summed E-state index contributed by atoms with van der Waals surface area (Å²) in [7, 11) is 0. The summed E-state index contributed by atoms with van der Waals surface area (Å²) in [6.07, 6.45) is -15.5. The number of carbonyl (C=O) groups excluding carboxylic acids is 2. The van der Waals surface area contributed by atoms with E-state index in [0.29, 0.717) is 13.1 Å². The lowest BCUT2D eigenvalue weighted by molar-refractivity contribution is -0.302. The van der Waals surface area contributed by atoms with Crippen molar-refractivity contribution in [2.75, 3.05) is 13.1 Å². The number of nitrogens with zero attached hydrogens (tertiary/aromatic N) is 2. The van der Waals surface area contributed by atoms with Crippen LogP contribution in [-0.4, -0.2) is 59.3 Å². The molecule has 1 aliphatic heterocycles. The summed E-state index contributed by atoms with van der Waals surface area (Å²) in [5.74, 6) is -13.2. The molecule has 0 bridgehead atoms. The van der Waals surface area contributed by atoms with Gasteiger partial charge in [0.1, 0.15) is 5.69 Å². The largest absolute Gasteiger partial charge is 0.453 e. The van der Waals surface area contributed by atoms with E-state index in [2.05, 4.69) is 5.18 Å². The first kappa shape index (κ1) is 37.1. The molecule has 0 atom stereocenters. The molecule has 0 saturated carbocycles. The summed E-state index contributed by atoms with van der Waals surface area (Å²) in [5, 5.41) is 2.69. The molecular formula is C35H30F10N2O3. The van der Waals surface area contributed by atoms with Gasteiger partial charge in [0.25, 0.3) is 0 Å². The lowest BCUT2D eigenvalue weighted by Crippen LogP contribution is -2.52. The fourth-order valence-corrected chi connectivity index (χ4v) is 6.97. The highest BCUT2D eigenvalue weighted by atomic mass is 19.4. The Hall–Kier alpha value is -4.14. The van der Waals surface area contributed by atoms with Gasteiger partial charge in [-0.15, -0.1) is 4.91 Å². The van der Waals surface area contributed by atoms with Crippen molar-refractivity contribution in [3.05, 3.63) is 93.4 Å². The van der Waals surface area contributed by atoms with Gasteiger partial charge in [0.15, 0.2) is 11.6 Å². The van der Waals surface area contributed by atoms with Gasteiger partial charge in [-0.25, -0.2) is 0 Å². The zero-order valence-corrected chi connectivity index (χ0v) is 26.6. The molecule has 50 heavy (non-hydrogen) atoms. The fraction of sp³-hybridized carbons (Fsp3) is 0.429. The third kappa shape index (κ3) is 6.44. The highest BCUT2D eigenvalue weighted by Crippen LogP contribution is 2.61. The van der Waals surface area contributed by atoms with Gasteiger partial charge >= 0.3 is 24.2 Å². The molecule has 2 aliphatic rings. The maximum atomic E-state index is 15.1. The van der Waals surface area contributed by atoms with Gasteiger partial charge in [-0.3, -0.25) is 14.5 Å². The number of Topliss-reactive ketones (excluding diaryl/α,β-unsaturated/α-hetero) is 1. The summed E-state index contributed by atoms with van der Waals surface area (Å²) in [6, 6.07) is 10.7. The van der Waals surface area contributed by atoms with E-state index in [1.807, 2.05) is 4.90 Å². The van der Waals surface area contributed by atoms with Gasteiger partial charge in [0, 0.05) is 34.9 Å². The standard InChI is InChI=1S/C35H30F10N2O3/c1-30(2,47-14-4-3-5-15-47)29(49)22-9-13-25-24-12-8-21(28(48)20-6-10-23(46-50)11-7-20)16-26(24)31(27(25)17-22,18-32(36,37)34(40,41)42)19-33(38,39)35(43,44)45/h6-13,16-17H,3-5,14-15,18-19H2,1-2H3. The molecule has 1 aliphatic carbocycles. The molecule has 3 aromatic rings. The Labute approximate surface area is 279 Å². The van der Waals surface area contributed by atoms with Crippen LogP contribution >= 0.6 is 0 Å². The summed E-state index contributed by atoms with van der Waals surface area (Å²) >= 11 is 0. The lowest BCUT2D eigenvalue weighted by Gasteiger charge is -2.40. The van der Waals surface area contributed by atoms with Crippen LogP contribution in [0.15, 0.2) is 65.8 Å². The van der Waals surface area contributed by atoms with Crippen LogP contribution in [0, 0.1) is 4.91 Å². The molecule has 1 saturated heterocycles. The van der Waals surface area contributed by atoms with Crippen molar-refractivity contribution in [2.45, 2.75) is 81.1 Å². The molecule has 268 valence electrons. The third-order valence-corrected chi connectivity index (χ3v) is 9.70. The van der Waals surface area contributed by atoms with Crippen LogP contribution in [0.2, 0.25) is 0 Å². The topological polar surface area (TPSA) is 66.8 Å². The average Bonchev–Trinajstić information content (AvgIpc) is 3.30. The molecule has 0 aromatic heterocycles. The van der Waals surface area contributed by atoms with E-state index in [0.717, 1.165) is 73.9 Å². The van der Waals surface area contributed by atoms with Crippen LogP contribution in [-0.2, 0) is 5.41 Å². The number of alkyl halides is 10. The zero-order chi connectivity index (χ0) is 37.1. The summed E-state index contributed by atoms with van der Waals surface area (Å²) in [6.45, 7) is 4.11. The van der Waals surface area contributed by atoms with Crippen molar-refractivity contribution in [3.8, 4) is 11.1 Å². The maximum Gasteiger partial charge on any atom is 0.453 e. The number of piperidine rings is 1. The Morgan fingerprint density at radius 2 is 1.10 bits per heavy atom. The second kappa shape index (κ2) is 12.6. The first-order valence-electron chi connectivity index (χ1n) is 15.5. The van der Waals surface area contributed by atoms with Crippen molar-refractivity contribution in [1.29, 1.82) is 0 Å². The number of nitroso groups, excluding NO2 is 1. The van der Waals surface area contributed by atoms with Crippen LogP contribution in [0.5, 0.6) is 0 Å². The quantitative estimate of drug-likeness (QED) is 0.119. The van der Waals surface area contributed by atoms with Crippen molar-refractivity contribution in [3.63, 3.8) is 0 Å². The predicted molar refractivity (Wildman–Crippen MR) is 163 cm³/mol. The molecule has 5 rings (SSSR count). The minimum Gasteiger partial charge on any atom is -0.292 e. The average molecular weight is 717 g/mol. The molecule has 5 nitrogen and oxygen atoms in total. The van der Waals surface area contributed by atoms with Crippen molar-refractivity contribution >= 4 is 17.3 Å². The van der Waals surface area contributed by atoms with Crippen LogP contribution in [0.25, 0.3) is 11.1 Å². The first-order valence-corrected chi connectivity index (χ1v) is 15.5. The number of likely N-dealkylation sites (tertiary alicyclic amines) is 1. The Kier molecular flexibility index (Phi) is 9.33. The number of rotatable bonds is 10. The Morgan fingerprint density at radius 3 is 1.56 bits per heavy atom. The number of ketones is 2. The monoisotopic (exact) mass is 716 g/mol. The minimum atomic E-state index is -6.37. The number of benzene rings is 3. The molecule has 1 fully saturated rings. The van der Waals surface area contributed by atoms with Crippen molar-refractivity contribution in [2.24, 2.45) is 5.18 Å². The van der Waals surface area contributed by atoms with Gasteiger partial charge in [-0.05, 0) is 104 Å². The molecule has 0 spiro atoms. The number of carbonyl (C=O) groups is 2. The molecule has 0 N–H and O–H groups in total. The van der Waals surface area contributed by atoms with E-state index >= 15 is 17.6 Å². The number of hydrogen-bond acceptors (Lipinski definition) is 5. The van der Waals surface area contributed by atoms with Crippen molar-refractivity contribution in [1.82, 2.24) is 4.90 Å². The van der Waals surface area contributed by atoms with Gasteiger partial charge < -0.3 is 0 Å². The first-order chi connectivity index (χ1) is 23.1. The predicted octanol–water partition coefficient (Wildman–Crippen LogP) is 10.2. The van der Waals surface area contributed by atoms with E-state index in [1.165, 1.54) is 6.07 Å². The van der Waals surface area contributed by atoms with E-state index in [9.17, 15) is 40.8 Å². The second-order valence-corrected chi connectivity index (χ2v) is 13.3. The van der Waals surface area contributed by atoms with Gasteiger partial charge in [-0.1, -0.05) is 30.7 Å². The van der Waals surface area contributed by atoms with Crippen LogP contribution in [0.3, 0.4) is 0 Å². The Bertz CT molecular complexity index is 1780. The van der Waals surface area contributed by atoms with Crippen LogP contribution < -0.4 is 0 Å². The molecule has 15 heteroatoms. The van der Waals surface area contributed by atoms with Gasteiger partial charge in [-0.2, -0.15) is 43.9 Å². The maximum absolute atomic E-state index is 15.1. The van der Waals surface area contributed by atoms with Crippen LogP contribution in [0.1, 0.15) is 83.4 Å². The molecule has 0 radical (unpaired) electrons. The van der Waals surface area contributed by atoms with Crippen molar-refractivity contribution < 1.29 is 53.5 Å². The number of fused-ring (bicyclic) bond motifs is 3. The van der Waals surface area contributed by atoms with Gasteiger partial charge in [0.2, 0.25) is 0 Å². The Morgan fingerprint density at radius 1 is 0.660 bits per heavy atom. The number of hydrogen-bond donors (Lipinski definition) is 0. The van der Waals surface area contributed by atoms with E-state index in [4.69, 9.17) is 0 Å². The van der Waals surface area contributed by atoms with Gasteiger partial charge in [0.05, 0.1) is 5.54 Å². The molecule has 0 unspecified atom stereocenters. The smallest absolute Gasteiger partial charge is 0.292 e. The normalized spacial score (nSPS) is 16.9. The Balaban J connectivity index is 1.76. The minimum absolute atomic E-state index is 0.0810. The molecule has 3 aromatic carbocycles. The fourth-order valence-electron chi connectivity index (χ4n) is 6.97. The van der Waals surface area contributed by atoms with Crippen LogP contribution in [0.4, 0.5) is 49.6 Å². The lowest BCUT2D eigenvalue weighted by atomic mass is 9.68. The molecule has 1 heterocycles. The summed E-state index contributed by atoms with van der Waals surface area (Å²) < 4.78 is 144. The van der Waals surface area contributed by atoms with E-state index in [1.54, 1.807) is 13.8 Å². The summed E-state index contributed by atoms with van der Waals surface area (Å²) in [4.78, 5) is 40.0.